The van der Waals surface area contributed by atoms with Crippen LogP contribution in [0.4, 0.5) is 0 Å². The topological polar surface area (TPSA) is 127 Å². The number of rotatable bonds is 10. The Morgan fingerprint density at radius 1 is 0.818 bits per heavy atom. The lowest BCUT2D eigenvalue weighted by Gasteiger charge is -2.40. The van der Waals surface area contributed by atoms with Crippen molar-refractivity contribution in [1.82, 2.24) is 0 Å². The van der Waals surface area contributed by atoms with Gasteiger partial charge in [0.05, 0.1) is 12.7 Å². The first-order valence-corrected chi connectivity index (χ1v) is 7.99. The molecule has 7 heteroatoms. The first-order valence-electron chi connectivity index (χ1n) is 7.99. The molecule has 0 spiro atoms. The summed E-state index contributed by atoms with van der Waals surface area (Å²) in [6.07, 6.45) is 0.895. The number of carboxylic acids is 1. The predicted molar refractivity (Wildman–Crippen MR) is 78.3 cm³/mol. The highest BCUT2D eigenvalue weighted by molar-refractivity contribution is 5.66. The molecule has 1 aliphatic rings. The van der Waals surface area contributed by atoms with Crippen molar-refractivity contribution >= 4 is 5.97 Å². The third kappa shape index (κ3) is 6.18. The maximum atomic E-state index is 10.3. The van der Waals surface area contributed by atoms with Gasteiger partial charge in [-0.3, -0.25) is 4.79 Å². The van der Waals surface area contributed by atoms with Crippen LogP contribution in [0, 0.1) is 0 Å². The third-order valence-corrected chi connectivity index (χ3v) is 4.12. The third-order valence-electron chi connectivity index (χ3n) is 4.12. The number of unbranched alkanes of at least 4 members (excludes halogenated alkanes) is 5. The molecule has 22 heavy (non-hydrogen) atoms. The average Bonchev–Trinajstić information content (AvgIpc) is 2.49. The molecule has 130 valence electrons. The molecule has 1 aliphatic heterocycles. The summed E-state index contributed by atoms with van der Waals surface area (Å²) in [4.78, 5) is 10.3. The highest BCUT2D eigenvalue weighted by atomic mass is 16.5. The van der Waals surface area contributed by atoms with Crippen molar-refractivity contribution in [2.45, 2.75) is 81.9 Å². The van der Waals surface area contributed by atoms with Crippen molar-refractivity contribution in [2.75, 3.05) is 6.61 Å². The first-order chi connectivity index (χ1) is 10.5. The summed E-state index contributed by atoms with van der Waals surface area (Å²) in [5, 5.41) is 46.8. The quantitative estimate of drug-likeness (QED) is 0.359. The van der Waals surface area contributed by atoms with Crippen molar-refractivity contribution in [1.29, 1.82) is 0 Å². The van der Waals surface area contributed by atoms with Crippen LogP contribution in [0.5, 0.6) is 0 Å². The molecule has 1 fully saturated rings. The Balaban J connectivity index is 2.14. The summed E-state index contributed by atoms with van der Waals surface area (Å²) < 4.78 is 5.43. The molecule has 5 N–H and O–H groups in total. The standard InChI is InChI=1S/C15H28O7/c16-9-11-14(20)15(21)13(19)10(22-11)7-5-3-1-2-4-6-8-12(17)18/h10-11,13-16,19-21H,1-9H2,(H,17,18)/t10-,11+,13+,14+,15+/m0/s1. The lowest BCUT2D eigenvalue weighted by molar-refractivity contribution is -0.230. The van der Waals surface area contributed by atoms with Gasteiger partial charge in [-0.05, 0) is 12.8 Å². The van der Waals surface area contributed by atoms with Gasteiger partial charge in [0.2, 0.25) is 0 Å². The molecule has 0 aromatic carbocycles. The molecular formula is C15H28O7. The zero-order valence-electron chi connectivity index (χ0n) is 12.8. The fourth-order valence-corrected chi connectivity index (χ4v) is 2.75. The molecule has 1 saturated heterocycles. The number of carboxylic acid groups (broad SMARTS) is 1. The van der Waals surface area contributed by atoms with Crippen LogP contribution in [0.2, 0.25) is 0 Å². The Labute approximate surface area is 130 Å². The normalized spacial score (nSPS) is 32.1. The largest absolute Gasteiger partial charge is 0.481 e. The summed E-state index contributed by atoms with van der Waals surface area (Å²) in [5.74, 6) is -0.761. The molecule has 0 radical (unpaired) electrons. The highest BCUT2D eigenvalue weighted by Crippen LogP contribution is 2.24. The van der Waals surface area contributed by atoms with E-state index < -0.39 is 43.1 Å². The van der Waals surface area contributed by atoms with E-state index in [2.05, 4.69) is 0 Å². The molecular weight excluding hydrogens is 292 g/mol. The molecule has 1 rings (SSSR count). The van der Waals surface area contributed by atoms with Crippen LogP contribution in [-0.4, -0.2) is 68.6 Å². The number of ether oxygens (including phenoxy) is 1. The van der Waals surface area contributed by atoms with Gasteiger partial charge < -0.3 is 30.3 Å². The minimum atomic E-state index is -1.30. The van der Waals surface area contributed by atoms with E-state index in [-0.39, 0.29) is 6.42 Å². The maximum absolute atomic E-state index is 10.3. The number of aliphatic carboxylic acids is 1. The van der Waals surface area contributed by atoms with Gasteiger partial charge in [0, 0.05) is 6.42 Å². The first kappa shape index (κ1) is 19.3. The minimum absolute atomic E-state index is 0.213. The van der Waals surface area contributed by atoms with Gasteiger partial charge in [-0.25, -0.2) is 0 Å². The van der Waals surface area contributed by atoms with E-state index in [1.54, 1.807) is 0 Å². The fraction of sp³-hybridized carbons (Fsp3) is 0.933. The molecule has 0 unspecified atom stereocenters. The van der Waals surface area contributed by atoms with Crippen molar-refractivity contribution in [3.8, 4) is 0 Å². The van der Waals surface area contributed by atoms with E-state index in [1.807, 2.05) is 0 Å². The smallest absolute Gasteiger partial charge is 0.303 e. The van der Waals surface area contributed by atoms with Crippen LogP contribution < -0.4 is 0 Å². The minimum Gasteiger partial charge on any atom is -0.481 e. The Morgan fingerprint density at radius 3 is 1.95 bits per heavy atom. The second kappa shape index (κ2) is 10.1. The van der Waals surface area contributed by atoms with Crippen LogP contribution >= 0.6 is 0 Å². The zero-order valence-corrected chi connectivity index (χ0v) is 12.8. The van der Waals surface area contributed by atoms with Crippen LogP contribution in [0.1, 0.15) is 51.4 Å². The zero-order chi connectivity index (χ0) is 16.5. The average molecular weight is 320 g/mol. The molecule has 7 nitrogen and oxygen atoms in total. The molecule has 0 aromatic heterocycles. The Hall–Kier alpha value is -0.730. The Kier molecular flexibility index (Phi) is 8.89. The van der Waals surface area contributed by atoms with E-state index in [1.165, 1.54) is 0 Å². The monoisotopic (exact) mass is 320 g/mol. The summed E-state index contributed by atoms with van der Waals surface area (Å²) in [6.45, 7) is -0.398. The van der Waals surface area contributed by atoms with Crippen molar-refractivity contribution in [2.24, 2.45) is 0 Å². The van der Waals surface area contributed by atoms with Gasteiger partial charge in [-0.2, -0.15) is 0 Å². The number of aliphatic hydroxyl groups excluding tert-OH is 4. The lowest BCUT2D eigenvalue weighted by Crippen LogP contribution is -2.58. The molecule has 5 atom stereocenters. The van der Waals surface area contributed by atoms with E-state index >= 15 is 0 Å². The van der Waals surface area contributed by atoms with E-state index in [4.69, 9.17) is 14.9 Å². The molecule has 0 bridgehead atoms. The molecule has 0 aromatic rings. The van der Waals surface area contributed by atoms with Crippen molar-refractivity contribution in [3.05, 3.63) is 0 Å². The Morgan fingerprint density at radius 2 is 1.36 bits per heavy atom. The van der Waals surface area contributed by atoms with Gasteiger partial charge in [-0.15, -0.1) is 0 Å². The second-order valence-electron chi connectivity index (χ2n) is 5.92. The number of hydrogen-bond donors (Lipinski definition) is 5. The summed E-state index contributed by atoms with van der Waals surface area (Å²) in [5.41, 5.74) is 0. The highest BCUT2D eigenvalue weighted by Gasteiger charge is 2.42. The van der Waals surface area contributed by atoms with E-state index in [0.717, 1.165) is 32.1 Å². The Bertz CT molecular complexity index is 321. The van der Waals surface area contributed by atoms with Crippen molar-refractivity contribution in [3.63, 3.8) is 0 Å². The summed E-state index contributed by atoms with van der Waals surface area (Å²) in [6, 6.07) is 0. The van der Waals surface area contributed by atoms with Gasteiger partial charge in [0.15, 0.2) is 0 Å². The summed E-state index contributed by atoms with van der Waals surface area (Å²) in [7, 11) is 0. The lowest BCUT2D eigenvalue weighted by atomic mass is 9.92. The molecule has 0 saturated carbocycles. The van der Waals surface area contributed by atoms with Crippen LogP contribution in [0.15, 0.2) is 0 Å². The predicted octanol–water partition coefficient (Wildman–Crippen LogP) is 0.0342. The van der Waals surface area contributed by atoms with Gasteiger partial charge >= 0.3 is 5.97 Å². The second-order valence-corrected chi connectivity index (χ2v) is 5.92. The molecule has 1 heterocycles. The SMILES string of the molecule is O=C(O)CCCCCCCC[C@@H]1O[C@H](CO)[C@@H](O)[C@H](O)[C@@H]1O. The molecule has 0 aliphatic carbocycles. The van der Waals surface area contributed by atoms with E-state index in [9.17, 15) is 20.1 Å². The van der Waals surface area contributed by atoms with E-state index in [0.29, 0.717) is 12.8 Å². The van der Waals surface area contributed by atoms with Crippen molar-refractivity contribution < 1.29 is 35.1 Å². The number of hydrogen-bond acceptors (Lipinski definition) is 6. The number of aliphatic hydroxyl groups is 4. The van der Waals surface area contributed by atoms with Crippen LogP contribution in [0.25, 0.3) is 0 Å². The van der Waals surface area contributed by atoms with Crippen LogP contribution in [-0.2, 0) is 9.53 Å². The van der Waals surface area contributed by atoms with Crippen LogP contribution in [0.3, 0.4) is 0 Å². The summed E-state index contributed by atoms with van der Waals surface area (Å²) >= 11 is 0. The maximum Gasteiger partial charge on any atom is 0.303 e. The van der Waals surface area contributed by atoms with Gasteiger partial charge in [0.25, 0.3) is 0 Å². The van der Waals surface area contributed by atoms with Gasteiger partial charge in [0.1, 0.15) is 24.4 Å². The fourth-order valence-electron chi connectivity index (χ4n) is 2.75. The van der Waals surface area contributed by atoms with Gasteiger partial charge in [-0.1, -0.05) is 32.1 Å². The number of carbonyl (C=O) groups is 1. The molecule has 0 amide bonds.